The molecule has 0 radical (unpaired) electrons. The zero-order valence-electron chi connectivity index (χ0n) is 15.1. The molecule has 6 nitrogen and oxygen atoms in total. The van der Waals surface area contributed by atoms with E-state index in [1.165, 1.54) is 0 Å². The van der Waals surface area contributed by atoms with E-state index in [0.29, 0.717) is 12.2 Å². The van der Waals surface area contributed by atoms with E-state index in [9.17, 15) is 14.7 Å². The highest BCUT2D eigenvalue weighted by molar-refractivity contribution is 7.10. The highest BCUT2D eigenvalue weighted by Crippen LogP contribution is 2.42. The molecule has 1 aliphatic carbocycles. The summed E-state index contributed by atoms with van der Waals surface area (Å²) in [6, 6.07) is 8.99. The maximum Gasteiger partial charge on any atom is 0.325 e. The maximum absolute atomic E-state index is 13.1. The van der Waals surface area contributed by atoms with Gasteiger partial charge in [0, 0.05) is 10.4 Å². The fraction of sp³-hybridized carbons (Fsp3) is 0.400. The molecule has 2 aromatic rings. The Balaban J connectivity index is 1.45. The van der Waals surface area contributed by atoms with Crippen LogP contribution in [0.1, 0.15) is 28.8 Å². The lowest BCUT2D eigenvalue weighted by molar-refractivity contribution is -0.133. The van der Waals surface area contributed by atoms with Crippen molar-refractivity contribution in [2.75, 3.05) is 13.2 Å². The van der Waals surface area contributed by atoms with E-state index in [4.69, 9.17) is 4.74 Å². The van der Waals surface area contributed by atoms with Crippen LogP contribution >= 0.6 is 11.3 Å². The Morgan fingerprint density at radius 3 is 2.96 bits per heavy atom. The normalized spacial score (nSPS) is 22.7. The first-order valence-electron chi connectivity index (χ1n) is 9.09. The van der Waals surface area contributed by atoms with Gasteiger partial charge in [-0.2, -0.15) is 0 Å². The van der Waals surface area contributed by atoms with Crippen LogP contribution in [0.25, 0.3) is 0 Å². The first-order valence-corrected chi connectivity index (χ1v) is 9.97. The summed E-state index contributed by atoms with van der Waals surface area (Å²) in [5, 5.41) is 15.2. The minimum absolute atomic E-state index is 0.0125. The number of para-hydroxylation sites is 1. The molecular weight excluding hydrogens is 364 g/mol. The highest BCUT2D eigenvalue weighted by atomic mass is 32.1. The van der Waals surface area contributed by atoms with Crippen molar-refractivity contribution in [3.8, 4) is 5.75 Å². The third kappa shape index (κ3) is 3.11. The lowest BCUT2D eigenvalue weighted by Crippen LogP contribution is -2.46. The van der Waals surface area contributed by atoms with Crippen molar-refractivity contribution in [3.05, 3.63) is 51.7 Å². The molecule has 3 amide bonds. The van der Waals surface area contributed by atoms with Crippen LogP contribution in [-0.2, 0) is 16.8 Å². The fourth-order valence-electron chi connectivity index (χ4n) is 3.87. The Morgan fingerprint density at radius 2 is 2.15 bits per heavy atom. The first kappa shape index (κ1) is 18.0. The summed E-state index contributed by atoms with van der Waals surface area (Å²) in [5.41, 5.74) is 0.900. The van der Waals surface area contributed by atoms with E-state index in [2.05, 4.69) is 5.32 Å². The number of hydrogen-bond acceptors (Lipinski definition) is 5. The fourth-order valence-corrected chi connectivity index (χ4v) is 4.87. The van der Waals surface area contributed by atoms with Crippen molar-refractivity contribution in [1.82, 2.24) is 10.2 Å². The SMILES string of the molecule is Cc1ccccc1OC[C@H](O)CN1C(=O)N[C@@]2(CCCc3sccc32)C1=O. The number of aliphatic hydroxyl groups excluding tert-OH is 1. The van der Waals surface area contributed by atoms with E-state index in [1.54, 1.807) is 11.3 Å². The molecule has 2 aliphatic rings. The zero-order chi connectivity index (χ0) is 19.0. The highest BCUT2D eigenvalue weighted by Gasteiger charge is 2.54. The molecule has 1 aromatic heterocycles. The molecule has 142 valence electrons. The van der Waals surface area contributed by atoms with Crippen molar-refractivity contribution in [3.63, 3.8) is 0 Å². The van der Waals surface area contributed by atoms with Crippen molar-refractivity contribution in [2.24, 2.45) is 0 Å². The molecular formula is C20H22N2O4S. The summed E-state index contributed by atoms with van der Waals surface area (Å²) in [4.78, 5) is 27.9. The summed E-state index contributed by atoms with van der Waals surface area (Å²) in [5.74, 6) is 0.405. The third-order valence-electron chi connectivity index (χ3n) is 5.25. The molecule has 1 spiro atoms. The van der Waals surface area contributed by atoms with Crippen molar-refractivity contribution in [2.45, 2.75) is 37.8 Å². The van der Waals surface area contributed by atoms with Crippen LogP contribution in [0.3, 0.4) is 0 Å². The molecule has 1 aromatic carbocycles. The number of ether oxygens (including phenoxy) is 1. The maximum atomic E-state index is 13.1. The molecule has 7 heteroatoms. The molecule has 1 fully saturated rings. The predicted molar refractivity (Wildman–Crippen MR) is 102 cm³/mol. The molecule has 27 heavy (non-hydrogen) atoms. The number of nitrogens with one attached hydrogen (secondary N) is 1. The van der Waals surface area contributed by atoms with Crippen molar-refractivity contribution >= 4 is 23.3 Å². The van der Waals surface area contributed by atoms with Gasteiger partial charge in [-0.1, -0.05) is 18.2 Å². The number of carbonyl (C=O) groups is 2. The molecule has 0 saturated carbocycles. The van der Waals surface area contributed by atoms with Gasteiger partial charge in [-0.05, 0) is 49.3 Å². The van der Waals surface area contributed by atoms with Gasteiger partial charge in [0.1, 0.15) is 24.0 Å². The van der Waals surface area contributed by atoms with Crippen LogP contribution in [0.15, 0.2) is 35.7 Å². The molecule has 1 aliphatic heterocycles. The van der Waals surface area contributed by atoms with Crippen molar-refractivity contribution in [1.29, 1.82) is 0 Å². The van der Waals surface area contributed by atoms with Crippen LogP contribution in [-0.4, -0.2) is 41.2 Å². The lowest BCUT2D eigenvalue weighted by atomic mass is 9.80. The number of fused-ring (bicyclic) bond motifs is 2. The molecule has 2 atom stereocenters. The molecule has 0 unspecified atom stereocenters. The van der Waals surface area contributed by atoms with Crippen LogP contribution in [0.4, 0.5) is 4.79 Å². The largest absolute Gasteiger partial charge is 0.491 e. The Labute approximate surface area is 161 Å². The summed E-state index contributed by atoms with van der Waals surface area (Å²) in [7, 11) is 0. The summed E-state index contributed by atoms with van der Waals surface area (Å²) in [6.07, 6.45) is 1.42. The van der Waals surface area contributed by atoms with Gasteiger partial charge in [-0.25, -0.2) is 4.79 Å². The summed E-state index contributed by atoms with van der Waals surface area (Å²) in [6.45, 7) is 1.85. The number of aryl methyl sites for hydroxylation is 2. The van der Waals surface area contributed by atoms with Crippen LogP contribution in [0.5, 0.6) is 5.75 Å². The Morgan fingerprint density at radius 1 is 1.33 bits per heavy atom. The number of rotatable bonds is 5. The van der Waals surface area contributed by atoms with Crippen LogP contribution in [0.2, 0.25) is 0 Å². The number of β-amino-alcohol motifs (C(OH)–C–C–N with tert-alkyl or cyclic N) is 1. The van der Waals surface area contributed by atoms with E-state index < -0.39 is 17.7 Å². The summed E-state index contributed by atoms with van der Waals surface area (Å²) < 4.78 is 5.64. The number of aliphatic hydroxyl groups is 1. The quantitative estimate of drug-likeness (QED) is 0.774. The topological polar surface area (TPSA) is 78.9 Å². The van der Waals surface area contributed by atoms with Gasteiger partial charge in [0.2, 0.25) is 0 Å². The smallest absolute Gasteiger partial charge is 0.325 e. The third-order valence-corrected chi connectivity index (χ3v) is 6.24. The van der Waals surface area contributed by atoms with Gasteiger partial charge in [-0.3, -0.25) is 9.69 Å². The van der Waals surface area contributed by atoms with Gasteiger partial charge >= 0.3 is 6.03 Å². The van der Waals surface area contributed by atoms with E-state index in [0.717, 1.165) is 33.7 Å². The average Bonchev–Trinajstić information content (AvgIpc) is 3.22. The number of amides is 3. The summed E-state index contributed by atoms with van der Waals surface area (Å²) >= 11 is 1.62. The number of nitrogens with zero attached hydrogens (tertiary/aromatic N) is 1. The lowest BCUT2D eigenvalue weighted by Gasteiger charge is -2.31. The minimum atomic E-state index is -0.971. The van der Waals surface area contributed by atoms with Crippen LogP contribution < -0.4 is 10.1 Å². The molecule has 2 heterocycles. The molecule has 2 N–H and O–H groups in total. The van der Waals surface area contributed by atoms with Gasteiger partial charge in [0.05, 0.1) is 6.54 Å². The first-order chi connectivity index (χ1) is 13.0. The van der Waals surface area contributed by atoms with Gasteiger partial charge < -0.3 is 15.2 Å². The number of carbonyl (C=O) groups excluding carboxylic acids is 2. The second-order valence-electron chi connectivity index (χ2n) is 7.09. The molecule has 1 saturated heterocycles. The number of hydrogen-bond donors (Lipinski definition) is 2. The Hall–Kier alpha value is -2.38. The minimum Gasteiger partial charge on any atom is -0.491 e. The van der Waals surface area contributed by atoms with Gasteiger partial charge in [-0.15, -0.1) is 11.3 Å². The second-order valence-corrected chi connectivity index (χ2v) is 8.09. The standard InChI is InChI=1S/C20H22N2O4S/c1-13-5-2-3-6-16(13)26-12-14(23)11-22-18(24)20(21-19(22)25)9-4-7-17-15(20)8-10-27-17/h2-3,5-6,8,10,14,23H,4,7,9,11-12H2,1H3,(H,21,25)/t14-,20-/m1/s1. The Kier molecular flexibility index (Phi) is 4.65. The van der Waals surface area contributed by atoms with E-state index in [1.807, 2.05) is 42.6 Å². The predicted octanol–water partition coefficient (Wildman–Crippen LogP) is 2.58. The average molecular weight is 386 g/mol. The van der Waals surface area contributed by atoms with Crippen molar-refractivity contribution < 1.29 is 19.4 Å². The Bertz CT molecular complexity index is 880. The van der Waals surface area contributed by atoms with E-state index >= 15 is 0 Å². The zero-order valence-corrected chi connectivity index (χ0v) is 15.9. The monoisotopic (exact) mass is 386 g/mol. The number of thiophene rings is 1. The molecule has 0 bridgehead atoms. The molecule has 4 rings (SSSR count). The van der Waals surface area contributed by atoms with Gasteiger partial charge in [0.15, 0.2) is 0 Å². The van der Waals surface area contributed by atoms with Gasteiger partial charge in [0.25, 0.3) is 5.91 Å². The van der Waals surface area contributed by atoms with E-state index in [-0.39, 0.29) is 19.1 Å². The second kappa shape index (κ2) is 6.98. The number of imide groups is 1. The van der Waals surface area contributed by atoms with Crippen LogP contribution in [0, 0.1) is 6.92 Å². The number of urea groups is 1. The number of benzene rings is 1.